The van der Waals surface area contributed by atoms with Crippen molar-refractivity contribution in [1.29, 1.82) is 0 Å². The Bertz CT molecular complexity index is 494. The number of hydrogen-bond donors (Lipinski definition) is 2. The smallest absolute Gasteiger partial charge is 0.358 e. The lowest BCUT2D eigenvalue weighted by molar-refractivity contribution is -0.122. The van der Waals surface area contributed by atoms with Gasteiger partial charge >= 0.3 is 5.97 Å². The monoisotopic (exact) mass is 294 g/mol. The molecule has 0 saturated heterocycles. The van der Waals surface area contributed by atoms with Gasteiger partial charge < -0.3 is 10.4 Å². The summed E-state index contributed by atoms with van der Waals surface area (Å²) < 4.78 is 1.24. The summed E-state index contributed by atoms with van der Waals surface area (Å²) in [6, 6.07) is 0.128. The lowest BCUT2D eigenvalue weighted by Gasteiger charge is -2.25. The van der Waals surface area contributed by atoms with Crippen LogP contribution in [0.25, 0.3) is 0 Å². The third kappa shape index (κ3) is 4.84. The zero-order valence-electron chi connectivity index (χ0n) is 12.3. The van der Waals surface area contributed by atoms with Gasteiger partial charge in [0.05, 0.1) is 6.20 Å². The quantitative estimate of drug-likeness (QED) is 0.827. The molecule has 21 heavy (non-hydrogen) atoms. The maximum atomic E-state index is 11.9. The molecular weight excluding hydrogens is 272 g/mol. The summed E-state index contributed by atoms with van der Waals surface area (Å²) in [7, 11) is 0. The van der Waals surface area contributed by atoms with E-state index in [0.717, 1.165) is 6.42 Å². The number of amides is 1. The molecule has 2 rings (SSSR count). The van der Waals surface area contributed by atoms with Gasteiger partial charge in [0.2, 0.25) is 5.91 Å². The SMILES string of the molecule is C[C@H](CC1CCCCC1)NC(=O)Cn1cc(C(=O)O)nn1. The molecule has 0 aromatic carbocycles. The van der Waals surface area contributed by atoms with Crippen LogP contribution in [0.4, 0.5) is 0 Å². The summed E-state index contributed by atoms with van der Waals surface area (Å²) >= 11 is 0. The Balaban J connectivity index is 1.76. The molecular formula is C14H22N4O3. The molecule has 1 amide bonds. The van der Waals surface area contributed by atoms with E-state index in [1.165, 1.54) is 43.0 Å². The standard InChI is InChI=1S/C14H22N4O3/c1-10(7-11-5-3-2-4-6-11)15-13(19)9-18-8-12(14(20)21)16-17-18/h8,10-11H,2-7,9H2,1H3,(H,15,19)(H,20,21)/t10-/m1/s1. The molecule has 1 aromatic heterocycles. The van der Waals surface area contributed by atoms with E-state index in [1.807, 2.05) is 6.92 Å². The first-order valence-electron chi connectivity index (χ1n) is 7.47. The zero-order valence-corrected chi connectivity index (χ0v) is 12.3. The van der Waals surface area contributed by atoms with Crippen molar-refractivity contribution in [3.05, 3.63) is 11.9 Å². The Labute approximate surface area is 123 Å². The summed E-state index contributed by atoms with van der Waals surface area (Å²) in [6.07, 6.45) is 8.69. The second-order valence-electron chi connectivity index (χ2n) is 5.81. The highest BCUT2D eigenvalue weighted by Crippen LogP contribution is 2.27. The molecule has 1 fully saturated rings. The molecule has 0 spiro atoms. The second kappa shape index (κ2) is 7.19. The van der Waals surface area contributed by atoms with Crippen molar-refractivity contribution < 1.29 is 14.7 Å². The number of hydrogen-bond acceptors (Lipinski definition) is 4. The first-order chi connectivity index (χ1) is 10.0. The number of nitrogens with zero attached hydrogens (tertiary/aromatic N) is 3. The van der Waals surface area contributed by atoms with Crippen LogP contribution in [-0.2, 0) is 11.3 Å². The molecule has 1 heterocycles. The van der Waals surface area contributed by atoms with Crippen molar-refractivity contribution >= 4 is 11.9 Å². The molecule has 7 nitrogen and oxygen atoms in total. The minimum Gasteiger partial charge on any atom is -0.476 e. The highest BCUT2D eigenvalue weighted by Gasteiger charge is 2.18. The summed E-state index contributed by atoms with van der Waals surface area (Å²) in [5.74, 6) is -0.605. The summed E-state index contributed by atoms with van der Waals surface area (Å²) in [4.78, 5) is 22.6. The third-order valence-corrected chi connectivity index (χ3v) is 3.88. The van der Waals surface area contributed by atoms with Crippen LogP contribution < -0.4 is 5.32 Å². The number of carboxylic acid groups (broad SMARTS) is 1. The lowest BCUT2D eigenvalue weighted by Crippen LogP contribution is -2.36. The first-order valence-corrected chi connectivity index (χ1v) is 7.47. The highest BCUT2D eigenvalue weighted by molar-refractivity contribution is 5.84. The van der Waals surface area contributed by atoms with Crippen LogP contribution >= 0.6 is 0 Å². The summed E-state index contributed by atoms with van der Waals surface area (Å²) in [5.41, 5.74) is -0.155. The second-order valence-corrected chi connectivity index (χ2v) is 5.81. The van der Waals surface area contributed by atoms with E-state index in [0.29, 0.717) is 5.92 Å². The predicted molar refractivity (Wildman–Crippen MR) is 75.8 cm³/mol. The number of aromatic nitrogens is 3. The van der Waals surface area contributed by atoms with Crippen LogP contribution in [0.1, 0.15) is 55.9 Å². The number of carbonyl (C=O) groups is 2. The van der Waals surface area contributed by atoms with Gasteiger partial charge in [0.1, 0.15) is 6.54 Å². The normalized spacial score (nSPS) is 17.4. The van der Waals surface area contributed by atoms with Crippen LogP contribution in [-0.4, -0.2) is 38.0 Å². The fourth-order valence-corrected chi connectivity index (χ4v) is 2.92. The average Bonchev–Trinajstić information content (AvgIpc) is 2.88. The molecule has 1 saturated carbocycles. The lowest BCUT2D eigenvalue weighted by atomic mass is 9.85. The van der Waals surface area contributed by atoms with Gasteiger partial charge in [-0.1, -0.05) is 37.3 Å². The molecule has 1 atom stereocenters. The number of nitrogens with one attached hydrogen (secondary N) is 1. The summed E-state index contributed by atoms with van der Waals surface area (Å²) in [6.45, 7) is 2.01. The molecule has 1 aliphatic carbocycles. The molecule has 2 N–H and O–H groups in total. The fraction of sp³-hybridized carbons (Fsp3) is 0.714. The average molecular weight is 294 g/mol. The van der Waals surface area contributed by atoms with Crippen LogP contribution in [0.2, 0.25) is 0 Å². The van der Waals surface area contributed by atoms with E-state index >= 15 is 0 Å². The molecule has 0 bridgehead atoms. The van der Waals surface area contributed by atoms with Gasteiger partial charge in [-0.3, -0.25) is 4.79 Å². The van der Waals surface area contributed by atoms with Gasteiger partial charge in [0.15, 0.2) is 5.69 Å². The number of rotatable bonds is 6. The van der Waals surface area contributed by atoms with Crippen LogP contribution in [0, 0.1) is 5.92 Å². The molecule has 1 aliphatic rings. The van der Waals surface area contributed by atoms with Crippen LogP contribution in [0.5, 0.6) is 0 Å². The Morgan fingerprint density at radius 2 is 2.14 bits per heavy atom. The molecule has 116 valence electrons. The molecule has 0 unspecified atom stereocenters. The van der Waals surface area contributed by atoms with Gasteiger partial charge in [-0.25, -0.2) is 9.48 Å². The van der Waals surface area contributed by atoms with Crippen molar-refractivity contribution in [1.82, 2.24) is 20.3 Å². The van der Waals surface area contributed by atoms with E-state index in [9.17, 15) is 9.59 Å². The fourth-order valence-electron chi connectivity index (χ4n) is 2.92. The Morgan fingerprint density at radius 3 is 2.76 bits per heavy atom. The Hall–Kier alpha value is -1.92. The summed E-state index contributed by atoms with van der Waals surface area (Å²) in [5, 5.41) is 18.8. The topological polar surface area (TPSA) is 97.1 Å². The zero-order chi connectivity index (χ0) is 15.2. The molecule has 0 radical (unpaired) electrons. The van der Waals surface area contributed by atoms with E-state index in [2.05, 4.69) is 15.6 Å². The Morgan fingerprint density at radius 1 is 1.43 bits per heavy atom. The van der Waals surface area contributed by atoms with Crippen molar-refractivity contribution in [2.75, 3.05) is 0 Å². The minimum atomic E-state index is -1.15. The van der Waals surface area contributed by atoms with Gasteiger partial charge in [0, 0.05) is 6.04 Å². The van der Waals surface area contributed by atoms with E-state index < -0.39 is 5.97 Å². The predicted octanol–water partition coefficient (Wildman–Crippen LogP) is 1.45. The van der Waals surface area contributed by atoms with E-state index in [-0.39, 0.29) is 24.2 Å². The van der Waals surface area contributed by atoms with Crippen LogP contribution in [0.15, 0.2) is 6.20 Å². The van der Waals surface area contributed by atoms with Gasteiger partial charge in [0.25, 0.3) is 0 Å². The van der Waals surface area contributed by atoms with Gasteiger partial charge in [-0.15, -0.1) is 5.10 Å². The number of aromatic carboxylic acids is 1. The van der Waals surface area contributed by atoms with Crippen molar-refractivity contribution in [2.24, 2.45) is 5.92 Å². The van der Waals surface area contributed by atoms with E-state index in [4.69, 9.17) is 5.11 Å². The van der Waals surface area contributed by atoms with Crippen LogP contribution in [0.3, 0.4) is 0 Å². The largest absolute Gasteiger partial charge is 0.476 e. The van der Waals surface area contributed by atoms with Crippen molar-refractivity contribution in [3.63, 3.8) is 0 Å². The van der Waals surface area contributed by atoms with Gasteiger partial charge in [-0.05, 0) is 19.3 Å². The Kier molecular flexibility index (Phi) is 5.30. The maximum absolute atomic E-state index is 11.9. The number of carboxylic acids is 1. The molecule has 0 aliphatic heterocycles. The molecule has 1 aromatic rings. The van der Waals surface area contributed by atoms with Crippen molar-refractivity contribution in [3.8, 4) is 0 Å². The van der Waals surface area contributed by atoms with E-state index in [1.54, 1.807) is 0 Å². The maximum Gasteiger partial charge on any atom is 0.358 e. The first kappa shape index (κ1) is 15.5. The number of carbonyl (C=O) groups excluding carboxylic acids is 1. The molecule has 7 heteroatoms. The highest BCUT2D eigenvalue weighted by atomic mass is 16.4. The van der Waals surface area contributed by atoms with Gasteiger partial charge in [-0.2, -0.15) is 0 Å². The van der Waals surface area contributed by atoms with Crippen molar-refractivity contribution in [2.45, 2.75) is 58.0 Å². The third-order valence-electron chi connectivity index (χ3n) is 3.88. The minimum absolute atomic E-state index is 0.00468.